The van der Waals surface area contributed by atoms with E-state index in [1.165, 1.54) is 48.8 Å². The molecule has 0 bridgehead atoms. The van der Waals surface area contributed by atoms with E-state index in [2.05, 4.69) is 65.8 Å². The second-order valence-corrected chi connectivity index (χ2v) is 9.63. The maximum Gasteiger partial charge on any atom is 0.0881 e. The van der Waals surface area contributed by atoms with Crippen molar-refractivity contribution in [2.75, 3.05) is 0 Å². The van der Waals surface area contributed by atoms with Gasteiger partial charge < -0.3 is 0 Å². The van der Waals surface area contributed by atoms with Crippen molar-refractivity contribution in [2.45, 2.75) is 73.6 Å². The van der Waals surface area contributed by atoms with Gasteiger partial charge in [0.05, 0.1) is 9.52 Å². The highest BCUT2D eigenvalue weighted by Crippen LogP contribution is 2.35. The quantitative estimate of drug-likeness (QED) is 0.434. The molecule has 0 N–H and O–H groups in total. The summed E-state index contributed by atoms with van der Waals surface area (Å²) >= 11 is 0. The van der Waals surface area contributed by atoms with Gasteiger partial charge in [-0.15, -0.1) is 0 Å². The van der Waals surface area contributed by atoms with E-state index in [1.54, 1.807) is 16.0 Å². The van der Waals surface area contributed by atoms with Crippen LogP contribution in [-0.4, -0.2) is 9.52 Å². The van der Waals surface area contributed by atoms with Crippen LogP contribution < -0.4 is 5.19 Å². The Morgan fingerprint density at radius 1 is 1.04 bits per heavy atom. The highest BCUT2D eigenvalue weighted by molar-refractivity contribution is 6.63. The van der Waals surface area contributed by atoms with E-state index in [0.29, 0.717) is 0 Å². The van der Waals surface area contributed by atoms with Gasteiger partial charge >= 0.3 is 0 Å². The topological polar surface area (TPSA) is 0 Å². The van der Waals surface area contributed by atoms with Crippen LogP contribution in [0, 0.1) is 32.6 Å². The molecule has 0 radical (unpaired) electrons. The maximum atomic E-state index is 2.53. The van der Waals surface area contributed by atoms with Gasteiger partial charge in [0.1, 0.15) is 0 Å². The third-order valence-electron chi connectivity index (χ3n) is 5.77. The van der Waals surface area contributed by atoms with Crippen LogP contribution in [0.25, 0.3) is 0 Å². The summed E-state index contributed by atoms with van der Waals surface area (Å²) in [4.78, 5) is 0. The van der Waals surface area contributed by atoms with Crippen molar-refractivity contribution >= 4 is 14.7 Å². The van der Waals surface area contributed by atoms with Crippen molar-refractivity contribution in [3.8, 4) is 0 Å². The van der Waals surface area contributed by atoms with Gasteiger partial charge in [0, 0.05) is 0 Å². The molecular formula is C23H36Si. The summed E-state index contributed by atoms with van der Waals surface area (Å²) < 4.78 is 0. The van der Waals surface area contributed by atoms with E-state index >= 15 is 0 Å². The molecule has 2 atom stereocenters. The van der Waals surface area contributed by atoms with Gasteiger partial charge in [-0.25, -0.2) is 0 Å². The van der Waals surface area contributed by atoms with Crippen LogP contribution in [-0.2, 0) is 0 Å². The minimum Gasteiger partial charge on any atom is -0.0775 e. The fourth-order valence-corrected chi connectivity index (χ4v) is 6.49. The molecule has 0 saturated heterocycles. The molecule has 0 saturated carbocycles. The Labute approximate surface area is 152 Å². The zero-order valence-electron chi connectivity index (χ0n) is 16.7. The fourth-order valence-electron chi connectivity index (χ4n) is 4.28. The number of hydrogen-bond donors (Lipinski definition) is 0. The van der Waals surface area contributed by atoms with Crippen LogP contribution in [0.2, 0.25) is 0 Å². The van der Waals surface area contributed by atoms with Gasteiger partial charge in [-0.3, -0.25) is 0 Å². The second-order valence-electron chi connectivity index (χ2n) is 7.81. The fraction of sp³-hybridized carbons (Fsp3) is 0.565. The lowest BCUT2D eigenvalue weighted by Gasteiger charge is -2.22. The van der Waals surface area contributed by atoms with Crippen LogP contribution in [0.4, 0.5) is 0 Å². The number of rotatable bonds is 8. The third kappa shape index (κ3) is 4.50. The van der Waals surface area contributed by atoms with E-state index < -0.39 is 0 Å². The monoisotopic (exact) mass is 340 g/mol. The third-order valence-corrected chi connectivity index (χ3v) is 8.26. The first-order chi connectivity index (χ1) is 11.5. The van der Waals surface area contributed by atoms with E-state index in [0.717, 1.165) is 11.8 Å². The molecule has 0 nitrogen and oxygen atoms in total. The summed E-state index contributed by atoms with van der Waals surface area (Å²) in [5, 5.41) is 3.41. The van der Waals surface area contributed by atoms with Gasteiger partial charge in [0.2, 0.25) is 0 Å². The van der Waals surface area contributed by atoms with Crippen molar-refractivity contribution in [2.24, 2.45) is 11.8 Å². The average molecular weight is 341 g/mol. The maximum absolute atomic E-state index is 2.53. The standard InChI is InChI=1S/C23H36Si/c1-7-9-10-11-20-12-13-21(22(20)17(4)8-2)24-23-18(5)14-16(3)15-19(23)6/h12-15,17,20H,7-11,24H2,1-6H3. The first-order valence-corrected chi connectivity index (χ1v) is 11.4. The molecule has 1 heteroatoms. The SMILES string of the molecule is CCCCCC1C=CC([SiH2]c2c(C)cc(C)cc2C)=C1C(C)CC. The summed E-state index contributed by atoms with van der Waals surface area (Å²) in [6.45, 7) is 13.9. The summed E-state index contributed by atoms with van der Waals surface area (Å²) in [6, 6.07) is 4.74. The summed E-state index contributed by atoms with van der Waals surface area (Å²) in [6.07, 6.45) is 11.7. The zero-order chi connectivity index (χ0) is 17.7. The van der Waals surface area contributed by atoms with Gasteiger partial charge in [0.15, 0.2) is 0 Å². The second kappa shape index (κ2) is 8.85. The lowest BCUT2D eigenvalue weighted by molar-refractivity contribution is 0.526. The Kier molecular flexibility index (Phi) is 7.10. The molecular weight excluding hydrogens is 304 g/mol. The van der Waals surface area contributed by atoms with E-state index in [1.807, 2.05) is 0 Å². The Morgan fingerprint density at radius 2 is 1.71 bits per heavy atom. The molecule has 0 aromatic heterocycles. The van der Waals surface area contributed by atoms with Crippen LogP contribution in [0.5, 0.6) is 0 Å². The van der Waals surface area contributed by atoms with Crippen molar-refractivity contribution < 1.29 is 0 Å². The average Bonchev–Trinajstić information content (AvgIpc) is 2.93. The lowest BCUT2D eigenvalue weighted by Crippen LogP contribution is -2.24. The first-order valence-electron chi connectivity index (χ1n) is 9.95. The van der Waals surface area contributed by atoms with Crippen LogP contribution in [0.3, 0.4) is 0 Å². The van der Waals surface area contributed by atoms with E-state index in [9.17, 15) is 0 Å². The summed E-state index contributed by atoms with van der Waals surface area (Å²) in [5.74, 6) is 1.46. The minimum atomic E-state index is -0.376. The molecule has 2 unspecified atom stereocenters. The summed E-state index contributed by atoms with van der Waals surface area (Å²) in [7, 11) is -0.376. The predicted octanol–water partition coefficient (Wildman–Crippen LogP) is 5.47. The molecule has 1 aliphatic rings. The Bertz CT molecular complexity index is 598. The van der Waals surface area contributed by atoms with Gasteiger partial charge in [0.25, 0.3) is 0 Å². The molecule has 132 valence electrons. The predicted molar refractivity (Wildman–Crippen MR) is 112 cm³/mol. The molecule has 24 heavy (non-hydrogen) atoms. The zero-order valence-corrected chi connectivity index (χ0v) is 18.1. The Hall–Kier alpha value is -1.08. The molecule has 0 amide bonds. The van der Waals surface area contributed by atoms with Gasteiger partial charge in [-0.1, -0.05) is 97.0 Å². The molecule has 1 aromatic rings. The summed E-state index contributed by atoms with van der Waals surface area (Å²) in [5.41, 5.74) is 6.22. The van der Waals surface area contributed by atoms with Crippen LogP contribution in [0.1, 0.15) is 69.6 Å². The highest BCUT2D eigenvalue weighted by atomic mass is 28.2. The Balaban J connectivity index is 2.28. The largest absolute Gasteiger partial charge is 0.0881 e. The number of hydrogen-bond acceptors (Lipinski definition) is 0. The van der Waals surface area contributed by atoms with Crippen LogP contribution >= 0.6 is 0 Å². The van der Waals surface area contributed by atoms with Gasteiger partial charge in [-0.05, 0) is 45.4 Å². The van der Waals surface area contributed by atoms with E-state index in [4.69, 9.17) is 0 Å². The van der Waals surface area contributed by atoms with Crippen molar-refractivity contribution in [1.82, 2.24) is 0 Å². The normalized spacial score (nSPS) is 19.0. The number of allylic oxidation sites excluding steroid dienone is 4. The van der Waals surface area contributed by atoms with Crippen molar-refractivity contribution in [1.29, 1.82) is 0 Å². The van der Waals surface area contributed by atoms with E-state index in [-0.39, 0.29) is 9.52 Å². The molecule has 0 heterocycles. The molecule has 1 aliphatic carbocycles. The molecule has 0 aliphatic heterocycles. The lowest BCUT2D eigenvalue weighted by atomic mass is 9.86. The highest BCUT2D eigenvalue weighted by Gasteiger charge is 2.24. The van der Waals surface area contributed by atoms with Crippen molar-refractivity contribution in [3.05, 3.63) is 51.7 Å². The molecule has 0 fully saturated rings. The number of aryl methyl sites for hydroxylation is 3. The molecule has 1 aromatic carbocycles. The minimum absolute atomic E-state index is 0.376. The first kappa shape index (κ1) is 19.2. The number of unbranched alkanes of at least 4 members (excludes halogenated alkanes) is 2. The van der Waals surface area contributed by atoms with Crippen molar-refractivity contribution in [3.63, 3.8) is 0 Å². The smallest absolute Gasteiger partial charge is 0.0775 e. The molecule has 0 spiro atoms. The Morgan fingerprint density at radius 3 is 2.29 bits per heavy atom. The van der Waals surface area contributed by atoms with Gasteiger partial charge in [-0.2, -0.15) is 0 Å². The molecule has 2 rings (SSSR count). The van der Waals surface area contributed by atoms with Crippen LogP contribution in [0.15, 0.2) is 35.1 Å². The number of benzene rings is 1.